The van der Waals surface area contributed by atoms with Crippen LogP contribution in [-0.4, -0.2) is 31.0 Å². The van der Waals surface area contributed by atoms with E-state index >= 15 is 0 Å². The molecule has 1 amide bonds. The van der Waals surface area contributed by atoms with Crippen LogP contribution in [0.25, 0.3) is 0 Å². The predicted molar refractivity (Wildman–Crippen MR) is 69.4 cm³/mol. The first-order valence-electron chi connectivity index (χ1n) is 5.79. The summed E-state index contributed by atoms with van der Waals surface area (Å²) in [5, 5.41) is 0. The molecule has 0 aromatic heterocycles. The highest BCUT2D eigenvalue weighted by Crippen LogP contribution is 2.27. The van der Waals surface area contributed by atoms with Gasteiger partial charge in [-0.05, 0) is 32.9 Å². The number of nitrogen functional groups attached to an aromatic ring is 1. The van der Waals surface area contributed by atoms with Crippen LogP contribution in [0.3, 0.4) is 0 Å². The van der Waals surface area contributed by atoms with Crippen LogP contribution in [0, 0.1) is 6.92 Å². The lowest BCUT2D eigenvalue weighted by Crippen LogP contribution is -2.31. The van der Waals surface area contributed by atoms with Gasteiger partial charge in [-0.2, -0.15) is 0 Å². The van der Waals surface area contributed by atoms with Gasteiger partial charge in [-0.1, -0.05) is 0 Å². The Bertz CT molecular complexity index is 412. The number of anilines is 1. The van der Waals surface area contributed by atoms with Crippen LogP contribution in [0.2, 0.25) is 0 Å². The molecule has 0 fully saturated rings. The standard InChI is InChI=1S/C13H20N2O2/c1-5-15(6-2)13(16)12-9(3)11(17-4)8-7-10(12)14/h7-8H,5-6,14H2,1-4H3. The van der Waals surface area contributed by atoms with Gasteiger partial charge in [0.25, 0.3) is 5.91 Å². The highest BCUT2D eigenvalue weighted by molar-refractivity contribution is 6.01. The molecule has 4 nitrogen and oxygen atoms in total. The van der Waals surface area contributed by atoms with Crippen LogP contribution < -0.4 is 10.5 Å². The molecule has 0 bridgehead atoms. The van der Waals surface area contributed by atoms with E-state index in [1.165, 1.54) is 0 Å². The van der Waals surface area contributed by atoms with Crippen LogP contribution in [-0.2, 0) is 0 Å². The minimum atomic E-state index is -0.0381. The first-order valence-corrected chi connectivity index (χ1v) is 5.79. The summed E-state index contributed by atoms with van der Waals surface area (Å²) in [7, 11) is 1.59. The molecule has 1 aromatic rings. The van der Waals surface area contributed by atoms with E-state index in [4.69, 9.17) is 10.5 Å². The van der Waals surface area contributed by atoms with Gasteiger partial charge < -0.3 is 15.4 Å². The quantitative estimate of drug-likeness (QED) is 0.814. The second-order valence-corrected chi connectivity index (χ2v) is 3.83. The fourth-order valence-electron chi connectivity index (χ4n) is 1.89. The van der Waals surface area contributed by atoms with Gasteiger partial charge in [0.05, 0.1) is 12.7 Å². The predicted octanol–water partition coefficient (Wildman–Crippen LogP) is 2.07. The van der Waals surface area contributed by atoms with Crippen LogP contribution in [0.1, 0.15) is 29.8 Å². The molecule has 17 heavy (non-hydrogen) atoms. The molecular weight excluding hydrogens is 216 g/mol. The van der Waals surface area contributed by atoms with Crippen molar-refractivity contribution in [3.05, 3.63) is 23.3 Å². The van der Waals surface area contributed by atoms with Gasteiger partial charge in [-0.25, -0.2) is 0 Å². The number of carbonyl (C=O) groups is 1. The summed E-state index contributed by atoms with van der Waals surface area (Å²) in [5.74, 6) is 0.651. The molecule has 0 atom stereocenters. The second-order valence-electron chi connectivity index (χ2n) is 3.83. The molecular formula is C13H20N2O2. The van der Waals surface area contributed by atoms with Crippen molar-refractivity contribution in [1.29, 1.82) is 0 Å². The summed E-state index contributed by atoms with van der Waals surface area (Å²) in [6, 6.07) is 3.49. The van der Waals surface area contributed by atoms with Crippen LogP contribution in [0.4, 0.5) is 5.69 Å². The molecule has 0 spiro atoms. The normalized spacial score (nSPS) is 10.1. The zero-order valence-corrected chi connectivity index (χ0v) is 10.9. The number of benzene rings is 1. The van der Waals surface area contributed by atoms with Gasteiger partial charge in [0.2, 0.25) is 0 Å². The molecule has 0 saturated carbocycles. The van der Waals surface area contributed by atoms with Crippen molar-refractivity contribution in [2.45, 2.75) is 20.8 Å². The van der Waals surface area contributed by atoms with Gasteiger partial charge >= 0.3 is 0 Å². The number of amides is 1. The maximum Gasteiger partial charge on any atom is 0.256 e. The average molecular weight is 236 g/mol. The number of nitrogens with zero attached hydrogens (tertiary/aromatic N) is 1. The Morgan fingerprint density at radius 2 is 1.94 bits per heavy atom. The van der Waals surface area contributed by atoms with Crippen LogP contribution in [0.5, 0.6) is 5.75 Å². The van der Waals surface area contributed by atoms with Crippen molar-refractivity contribution >= 4 is 11.6 Å². The highest BCUT2D eigenvalue weighted by Gasteiger charge is 2.19. The molecule has 0 aliphatic carbocycles. The van der Waals surface area contributed by atoms with Crippen molar-refractivity contribution in [2.75, 3.05) is 25.9 Å². The minimum Gasteiger partial charge on any atom is -0.496 e. The van der Waals surface area contributed by atoms with E-state index in [9.17, 15) is 4.79 Å². The number of hydrogen-bond acceptors (Lipinski definition) is 3. The lowest BCUT2D eigenvalue weighted by atomic mass is 10.0. The van der Waals surface area contributed by atoms with Gasteiger partial charge in [-0.15, -0.1) is 0 Å². The van der Waals surface area contributed by atoms with E-state index in [2.05, 4.69) is 0 Å². The van der Waals surface area contributed by atoms with E-state index in [1.807, 2.05) is 20.8 Å². The summed E-state index contributed by atoms with van der Waals surface area (Å²) in [6.07, 6.45) is 0. The third-order valence-corrected chi connectivity index (χ3v) is 2.93. The SMILES string of the molecule is CCN(CC)C(=O)c1c(N)ccc(OC)c1C. The maximum absolute atomic E-state index is 12.3. The van der Waals surface area contributed by atoms with E-state index in [0.29, 0.717) is 30.1 Å². The minimum absolute atomic E-state index is 0.0381. The first kappa shape index (κ1) is 13.4. The monoisotopic (exact) mass is 236 g/mol. The van der Waals surface area contributed by atoms with Gasteiger partial charge in [-0.3, -0.25) is 4.79 Å². The Kier molecular flexibility index (Phi) is 4.37. The molecule has 0 radical (unpaired) electrons. The molecule has 0 unspecified atom stereocenters. The van der Waals surface area contributed by atoms with Crippen LogP contribution >= 0.6 is 0 Å². The average Bonchev–Trinajstić information content (AvgIpc) is 2.31. The zero-order chi connectivity index (χ0) is 13.0. The van der Waals surface area contributed by atoms with Gasteiger partial charge in [0.1, 0.15) is 5.75 Å². The van der Waals surface area contributed by atoms with Crippen molar-refractivity contribution in [3.63, 3.8) is 0 Å². The summed E-state index contributed by atoms with van der Waals surface area (Å²) >= 11 is 0. The third kappa shape index (κ3) is 2.52. The zero-order valence-electron chi connectivity index (χ0n) is 10.9. The Hall–Kier alpha value is -1.71. The molecule has 0 aliphatic rings. The van der Waals surface area contributed by atoms with E-state index in [0.717, 1.165) is 5.56 Å². The molecule has 1 aromatic carbocycles. The van der Waals surface area contributed by atoms with Crippen LogP contribution in [0.15, 0.2) is 12.1 Å². The summed E-state index contributed by atoms with van der Waals surface area (Å²) in [6.45, 7) is 7.10. The second kappa shape index (κ2) is 5.57. The number of hydrogen-bond donors (Lipinski definition) is 1. The van der Waals surface area contributed by atoms with E-state index < -0.39 is 0 Å². The lowest BCUT2D eigenvalue weighted by Gasteiger charge is -2.21. The summed E-state index contributed by atoms with van der Waals surface area (Å²) in [5.41, 5.74) is 7.74. The molecule has 4 heteroatoms. The fourth-order valence-corrected chi connectivity index (χ4v) is 1.89. The van der Waals surface area contributed by atoms with Gasteiger partial charge in [0, 0.05) is 24.3 Å². The van der Waals surface area contributed by atoms with Crippen molar-refractivity contribution in [3.8, 4) is 5.75 Å². The Morgan fingerprint density at radius 1 is 1.35 bits per heavy atom. The Labute approximate surface area is 102 Å². The van der Waals surface area contributed by atoms with E-state index in [-0.39, 0.29) is 5.91 Å². The number of methoxy groups -OCH3 is 1. The largest absolute Gasteiger partial charge is 0.496 e. The van der Waals surface area contributed by atoms with Gasteiger partial charge in [0.15, 0.2) is 0 Å². The number of ether oxygens (including phenoxy) is 1. The summed E-state index contributed by atoms with van der Waals surface area (Å²) < 4.78 is 5.21. The topological polar surface area (TPSA) is 55.6 Å². The van der Waals surface area contributed by atoms with Crippen molar-refractivity contribution in [1.82, 2.24) is 4.90 Å². The highest BCUT2D eigenvalue weighted by atomic mass is 16.5. The number of nitrogens with two attached hydrogens (primary N) is 1. The molecule has 0 saturated heterocycles. The molecule has 0 heterocycles. The molecule has 2 N–H and O–H groups in total. The fraction of sp³-hybridized carbons (Fsp3) is 0.462. The van der Waals surface area contributed by atoms with E-state index in [1.54, 1.807) is 24.1 Å². The molecule has 94 valence electrons. The molecule has 0 aliphatic heterocycles. The third-order valence-electron chi connectivity index (χ3n) is 2.93. The number of carbonyl (C=O) groups excluding carboxylic acids is 1. The summed E-state index contributed by atoms with van der Waals surface area (Å²) in [4.78, 5) is 14.1. The first-order chi connectivity index (χ1) is 8.06. The smallest absolute Gasteiger partial charge is 0.256 e. The Balaban J connectivity index is 3.25. The molecule has 1 rings (SSSR count). The lowest BCUT2D eigenvalue weighted by molar-refractivity contribution is 0.0773. The Morgan fingerprint density at radius 3 is 2.41 bits per heavy atom. The number of rotatable bonds is 4. The maximum atomic E-state index is 12.3. The van der Waals surface area contributed by atoms with Crippen molar-refractivity contribution in [2.24, 2.45) is 0 Å². The van der Waals surface area contributed by atoms with Crippen molar-refractivity contribution < 1.29 is 9.53 Å².